The van der Waals surface area contributed by atoms with Gasteiger partial charge < -0.3 is 20.1 Å². The van der Waals surface area contributed by atoms with E-state index in [1.165, 1.54) is 18.0 Å². The minimum Gasteiger partial charge on any atom is -0.465 e. The van der Waals surface area contributed by atoms with E-state index >= 15 is 0 Å². The Kier molecular flexibility index (Phi) is 5.56. The number of ether oxygens (including phenoxy) is 2. The van der Waals surface area contributed by atoms with Crippen LogP contribution in [0.1, 0.15) is 43.6 Å². The summed E-state index contributed by atoms with van der Waals surface area (Å²) in [5.74, 6) is -0.331. The van der Waals surface area contributed by atoms with Gasteiger partial charge in [-0.3, -0.25) is 9.13 Å². The van der Waals surface area contributed by atoms with Crippen molar-refractivity contribution >= 4 is 29.0 Å². The van der Waals surface area contributed by atoms with E-state index in [1.807, 2.05) is 20.8 Å². The number of rotatable bonds is 3. The van der Waals surface area contributed by atoms with Crippen LogP contribution in [0, 0.1) is 0 Å². The molecule has 1 saturated heterocycles. The molecule has 1 fully saturated rings. The number of esters is 1. The quantitative estimate of drug-likeness (QED) is 0.595. The van der Waals surface area contributed by atoms with Crippen LogP contribution in [0.15, 0.2) is 35.4 Å². The summed E-state index contributed by atoms with van der Waals surface area (Å²) in [7, 11) is 1.30. The normalized spacial score (nSPS) is 16.2. The molecule has 174 valence electrons. The Bertz CT molecular complexity index is 1270. The lowest BCUT2D eigenvalue weighted by Gasteiger charge is -2.24. The summed E-state index contributed by atoms with van der Waals surface area (Å²) in [4.78, 5) is 47.8. The molecule has 0 unspecified atom stereocenters. The van der Waals surface area contributed by atoms with Crippen LogP contribution in [0.4, 0.5) is 10.6 Å². The maximum atomic E-state index is 13.6. The number of methoxy groups -OCH3 is 1. The fourth-order valence-electron chi connectivity index (χ4n) is 3.95. The number of imidazole rings is 1. The first kappa shape index (κ1) is 22.3. The highest BCUT2D eigenvalue weighted by Gasteiger charge is 2.34. The standard InChI is InChI=1S/C22H26N6O5/c1-22(2,3)33-21(31)26-10-9-15(11-26)28-18-16(17(23)24-12-25-18)27(20(28)30)14-7-5-13(6-8-14)19(29)32-4/h5-8,12,15H,9-11H2,1-4H3,(H2,23,24,25)/t15-/m1/s1. The molecule has 1 amide bonds. The molecule has 4 rings (SSSR count). The summed E-state index contributed by atoms with van der Waals surface area (Å²) in [5, 5.41) is 0. The van der Waals surface area contributed by atoms with Gasteiger partial charge in [-0.25, -0.2) is 24.4 Å². The van der Waals surface area contributed by atoms with Gasteiger partial charge in [0.1, 0.15) is 17.4 Å². The molecule has 1 aliphatic rings. The van der Waals surface area contributed by atoms with Crippen LogP contribution in [0.2, 0.25) is 0 Å². The first-order valence-electron chi connectivity index (χ1n) is 10.5. The Labute approximate surface area is 189 Å². The van der Waals surface area contributed by atoms with Gasteiger partial charge in [-0.15, -0.1) is 0 Å². The first-order valence-corrected chi connectivity index (χ1v) is 10.5. The predicted molar refractivity (Wildman–Crippen MR) is 120 cm³/mol. The van der Waals surface area contributed by atoms with Crippen molar-refractivity contribution in [1.29, 1.82) is 0 Å². The smallest absolute Gasteiger partial charge is 0.410 e. The molecule has 2 N–H and O–H groups in total. The number of hydrogen-bond donors (Lipinski definition) is 1. The molecular formula is C22H26N6O5. The fraction of sp³-hybridized carbons (Fsp3) is 0.409. The molecule has 2 aromatic heterocycles. The summed E-state index contributed by atoms with van der Waals surface area (Å²) in [6.07, 6.45) is 1.44. The van der Waals surface area contributed by atoms with E-state index < -0.39 is 17.7 Å². The number of fused-ring (bicyclic) bond motifs is 1. The SMILES string of the molecule is COC(=O)c1ccc(-n2c(=O)n([C@@H]3CCN(C(=O)OC(C)(C)C)C3)c3ncnc(N)c32)cc1. The lowest BCUT2D eigenvalue weighted by Crippen LogP contribution is -2.36. The number of anilines is 1. The van der Waals surface area contributed by atoms with Crippen LogP contribution in [-0.2, 0) is 9.47 Å². The van der Waals surface area contributed by atoms with E-state index in [-0.39, 0.29) is 17.5 Å². The van der Waals surface area contributed by atoms with Crippen molar-refractivity contribution in [3.8, 4) is 5.69 Å². The van der Waals surface area contributed by atoms with Crippen molar-refractivity contribution in [3.63, 3.8) is 0 Å². The van der Waals surface area contributed by atoms with E-state index in [1.54, 1.807) is 33.7 Å². The zero-order valence-electron chi connectivity index (χ0n) is 18.9. The molecule has 3 aromatic rings. The van der Waals surface area contributed by atoms with Gasteiger partial charge in [-0.05, 0) is 51.5 Å². The highest BCUT2D eigenvalue weighted by molar-refractivity contribution is 5.90. The zero-order chi connectivity index (χ0) is 23.9. The lowest BCUT2D eigenvalue weighted by atomic mass is 10.2. The van der Waals surface area contributed by atoms with Crippen LogP contribution >= 0.6 is 0 Å². The van der Waals surface area contributed by atoms with Gasteiger partial charge in [0.2, 0.25) is 0 Å². The Balaban J connectivity index is 1.75. The van der Waals surface area contributed by atoms with Gasteiger partial charge in [-0.2, -0.15) is 0 Å². The molecule has 1 aliphatic heterocycles. The van der Waals surface area contributed by atoms with Crippen LogP contribution in [0.3, 0.4) is 0 Å². The maximum Gasteiger partial charge on any atom is 0.410 e. The molecule has 3 heterocycles. The second-order valence-corrected chi connectivity index (χ2v) is 8.83. The van der Waals surface area contributed by atoms with Gasteiger partial charge in [0, 0.05) is 13.1 Å². The van der Waals surface area contributed by atoms with E-state index in [2.05, 4.69) is 9.97 Å². The van der Waals surface area contributed by atoms with Crippen molar-refractivity contribution in [3.05, 3.63) is 46.6 Å². The van der Waals surface area contributed by atoms with E-state index in [9.17, 15) is 14.4 Å². The van der Waals surface area contributed by atoms with Gasteiger partial charge in [0.15, 0.2) is 11.5 Å². The monoisotopic (exact) mass is 454 g/mol. The van der Waals surface area contributed by atoms with E-state index in [0.29, 0.717) is 41.9 Å². The van der Waals surface area contributed by atoms with Crippen molar-refractivity contribution in [2.75, 3.05) is 25.9 Å². The average molecular weight is 454 g/mol. The Morgan fingerprint density at radius 1 is 1.15 bits per heavy atom. The summed E-state index contributed by atoms with van der Waals surface area (Å²) >= 11 is 0. The van der Waals surface area contributed by atoms with Crippen molar-refractivity contribution in [2.24, 2.45) is 0 Å². The number of hydrogen-bond acceptors (Lipinski definition) is 8. The number of nitrogens with zero attached hydrogens (tertiary/aromatic N) is 5. The largest absolute Gasteiger partial charge is 0.465 e. The zero-order valence-corrected chi connectivity index (χ0v) is 18.9. The summed E-state index contributed by atoms with van der Waals surface area (Å²) in [5.41, 5.74) is 6.76. The van der Waals surface area contributed by atoms with Gasteiger partial charge in [0.25, 0.3) is 0 Å². The van der Waals surface area contributed by atoms with Gasteiger partial charge >= 0.3 is 17.8 Å². The molecule has 0 bridgehead atoms. The summed E-state index contributed by atoms with van der Waals surface area (Å²) < 4.78 is 13.2. The Morgan fingerprint density at radius 2 is 1.85 bits per heavy atom. The number of nitrogen functional groups attached to an aromatic ring is 1. The summed E-state index contributed by atoms with van der Waals surface area (Å²) in [6, 6.07) is 6.09. The van der Waals surface area contributed by atoms with Crippen LogP contribution in [0.25, 0.3) is 16.9 Å². The predicted octanol–water partition coefficient (Wildman–Crippen LogP) is 2.13. The highest BCUT2D eigenvalue weighted by Crippen LogP contribution is 2.28. The molecule has 1 aromatic carbocycles. The molecule has 0 aliphatic carbocycles. The molecular weight excluding hydrogens is 428 g/mol. The Hall–Kier alpha value is -3.89. The third-order valence-corrected chi connectivity index (χ3v) is 5.41. The first-order chi connectivity index (χ1) is 15.6. The van der Waals surface area contributed by atoms with Gasteiger partial charge in [0.05, 0.1) is 24.4 Å². The molecule has 11 heteroatoms. The molecule has 11 nitrogen and oxygen atoms in total. The minimum absolute atomic E-state index is 0.148. The van der Waals surface area contributed by atoms with Crippen molar-refractivity contribution in [1.82, 2.24) is 24.0 Å². The van der Waals surface area contributed by atoms with E-state index in [4.69, 9.17) is 15.2 Å². The molecule has 0 saturated carbocycles. The Morgan fingerprint density at radius 3 is 2.48 bits per heavy atom. The summed E-state index contributed by atoms with van der Waals surface area (Å²) in [6.45, 7) is 6.18. The fourth-order valence-corrected chi connectivity index (χ4v) is 3.95. The molecule has 0 radical (unpaired) electrons. The number of carbonyl (C=O) groups is 2. The van der Waals surface area contributed by atoms with Crippen molar-refractivity contribution in [2.45, 2.75) is 38.8 Å². The molecule has 1 atom stereocenters. The number of nitrogens with two attached hydrogens (primary N) is 1. The third kappa shape index (κ3) is 4.13. The second kappa shape index (κ2) is 8.23. The minimum atomic E-state index is -0.611. The molecule has 33 heavy (non-hydrogen) atoms. The number of benzene rings is 1. The number of aromatic nitrogens is 4. The van der Waals surface area contributed by atoms with Crippen LogP contribution < -0.4 is 11.4 Å². The maximum absolute atomic E-state index is 13.6. The van der Waals surface area contributed by atoms with Crippen molar-refractivity contribution < 1.29 is 19.1 Å². The molecule has 0 spiro atoms. The topological polar surface area (TPSA) is 135 Å². The van der Waals surface area contributed by atoms with E-state index in [0.717, 1.165) is 0 Å². The number of amides is 1. The van der Waals surface area contributed by atoms with Gasteiger partial charge in [-0.1, -0.05) is 0 Å². The van der Waals surface area contributed by atoms with Crippen LogP contribution in [0.5, 0.6) is 0 Å². The third-order valence-electron chi connectivity index (χ3n) is 5.41. The lowest BCUT2D eigenvalue weighted by molar-refractivity contribution is 0.0288. The van der Waals surface area contributed by atoms with Crippen LogP contribution in [-0.4, -0.2) is 61.9 Å². The number of likely N-dealkylation sites (tertiary alicyclic amines) is 1. The average Bonchev–Trinajstić information content (AvgIpc) is 3.35. The number of carbonyl (C=O) groups excluding carboxylic acids is 2. The second-order valence-electron chi connectivity index (χ2n) is 8.83. The highest BCUT2D eigenvalue weighted by atomic mass is 16.6.